The van der Waals surface area contributed by atoms with Gasteiger partial charge >= 0.3 is 0 Å². The first-order chi connectivity index (χ1) is 44.3. The summed E-state index contributed by atoms with van der Waals surface area (Å²) in [6.45, 7) is 3.83. The lowest BCUT2D eigenvalue weighted by Crippen LogP contribution is -2.60. The third-order valence-electron chi connectivity index (χ3n) is 19.4. The van der Waals surface area contributed by atoms with Crippen LogP contribution in [0.3, 0.4) is 0 Å². The Kier molecular flexibility index (Phi) is 67.4. The van der Waals surface area contributed by atoms with Crippen LogP contribution in [0.25, 0.3) is 0 Å². The third kappa shape index (κ3) is 57.8. The second-order valence-corrected chi connectivity index (χ2v) is 28.2. The predicted molar refractivity (Wildman–Crippen MR) is 387 cm³/mol. The topological polar surface area (TPSA) is 149 Å². The van der Waals surface area contributed by atoms with Crippen molar-refractivity contribution in [2.45, 2.75) is 461 Å². The second-order valence-electron chi connectivity index (χ2n) is 28.2. The Morgan fingerprint density at radius 2 is 0.633 bits per heavy atom. The molecule has 1 aliphatic heterocycles. The van der Waals surface area contributed by atoms with Crippen molar-refractivity contribution in [2.75, 3.05) is 13.2 Å². The van der Waals surface area contributed by atoms with Crippen LogP contribution in [0.15, 0.2) is 36.5 Å². The smallest absolute Gasteiger partial charge is 0.220 e. The Morgan fingerprint density at radius 3 is 0.933 bits per heavy atom. The fraction of sp³-hybridized carbons (Fsp3) is 0.914. The van der Waals surface area contributed by atoms with Crippen LogP contribution in [-0.4, -0.2) is 87.5 Å². The number of nitrogens with one attached hydrogen (secondary N) is 1. The molecule has 7 unspecified atom stereocenters. The van der Waals surface area contributed by atoms with E-state index < -0.39 is 49.5 Å². The van der Waals surface area contributed by atoms with Crippen LogP contribution in [0.1, 0.15) is 418 Å². The molecule has 1 rings (SSSR count). The van der Waals surface area contributed by atoms with Gasteiger partial charge in [-0.15, -0.1) is 0 Å². The molecule has 1 amide bonds. The molecule has 0 aromatic heterocycles. The molecule has 90 heavy (non-hydrogen) atoms. The average Bonchev–Trinajstić information content (AvgIpc) is 1.28. The number of carbonyl (C=O) groups is 1. The van der Waals surface area contributed by atoms with E-state index in [0.717, 1.165) is 38.5 Å². The van der Waals surface area contributed by atoms with Crippen molar-refractivity contribution in [3.8, 4) is 0 Å². The number of aliphatic hydroxyl groups is 5. The zero-order valence-electron chi connectivity index (χ0n) is 59.9. The number of rotatable bonds is 72. The highest BCUT2D eigenvalue weighted by Crippen LogP contribution is 2.24. The zero-order valence-corrected chi connectivity index (χ0v) is 59.9. The van der Waals surface area contributed by atoms with Crippen molar-refractivity contribution in [3.63, 3.8) is 0 Å². The van der Waals surface area contributed by atoms with E-state index in [4.69, 9.17) is 9.47 Å². The maximum Gasteiger partial charge on any atom is 0.220 e. The molecule has 1 heterocycles. The number of allylic oxidation sites excluding steroid dienone is 5. The number of unbranched alkanes of at least 4 members (excludes halogenated alkanes) is 58. The first-order valence-corrected chi connectivity index (χ1v) is 40.2. The predicted octanol–water partition coefficient (Wildman–Crippen LogP) is 22.9. The Labute approximate surface area is 559 Å². The van der Waals surface area contributed by atoms with Gasteiger partial charge in [0, 0.05) is 6.42 Å². The van der Waals surface area contributed by atoms with Crippen molar-refractivity contribution < 1.29 is 39.8 Å². The van der Waals surface area contributed by atoms with Gasteiger partial charge < -0.3 is 40.3 Å². The molecular weight excluding hydrogens is 1110 g/mol. The summed E-state index contributed by atoms with van der Waals surface area (Å²) >= 11 is 0. The molecule has 0 spiro atoms. The van der Waals surface area contributed by atoms with Gasteiger partial charge in [-0.2, -0.15) is 0 Å². The Balaban J connectivity index is 2.04. The van der Waals surface area contributed by atoms with E-state index in [1.165, 1.54) is 360 Å². The van der Waals surface area contributed by atoms with Gasteiger partial charge in [-0.1, -0.05) is 391 Å². The minimum atomic E-state index is -1.57. The van der Waals surface area contributed by atoms with Crippen molar-refractivity contribution in [3.05, 3.63) is 36.5 Å². The van der Waals surface area contributed by atoms with E-state index in [1.807, 2.05) is 6.08 Å². The maximum absolute atomic E-state index is 13.2. The number of amides is 1. The standard InChI is InChI=1S/C81H155NO8/c1-3-5-7-9-11-13-15-17-19-21-23-25-27-29-31-32-33-34-35-36-37-38-39-40-41-42-43-44-45-47-49-51-53-55-57-59-61-63-65-67-69-71-77(85)82-74(73-89-81-80(88)79(87)78(86)76(72-83)90-81)75(84)70-68-66-64-62-60-58-56-54-52-50-48-46-30-28-26-24-22-20-18-16-14-12-10-8-6-4-2/h21,23,60,62,68,70,74-76,78-81,83-84,86-88H,3-20,22,24-59,61,63-67,69,71-73H2,1-2H3,(H,82,85)/b23-21-,62-60+,70-68+. The first-order valence-electron chi connectivity index (χ1n) is 40.2. The minimum Gasteiger partial charge on any atom is -0.394 e. The SMILES string of the molecule is CCCCCCCCCC/C=C\CCCCCCCCCCCCCCCCCCCCCCCCCCCCCCCC(=O)NC(COC1OC(CO)C(O)C(O)C1O)C(O)/C=C/CC/C=C/CCCCCCCCCCCCCCCCCCCCCC. The molecule has 0 aromatic carbocycles. The highest BCUT2D eigenvalue weighted by atomic mass is 16.7. The van der Waals surface area contributed by atoms with Crippen molar-refractivity contribution >= 4 is 5.91 Å². The van der Waals surface area contributed by atoms with Crippen LogP contribution in [0.5, 0.6) is 0 Å². The van der Waals surface area contributed by atoms with E-state index in [2.05, 4.69) is 43.5 Å². The van der Waals surface area contributed by atoms with Gasteiger partial charge in [0.15, 0.2) is 6.29 Å². The van der Waals surface area contributed by atoms with Gasteiger partial charge in [0.05, 0.1) is 25.4 Å². The summed E-state index contributed by atoms with van der Waals surface area (Å²) in [4.78, 5) is 13.2. The summed E-state index contributed by atoms with van der Waals surface area (Å²) < 4.78 is 11.3. The van der Waals surface area contributed by atoms with Crippen molar-refractivity contribution in [1.29, 1.82) is 0 Å². The molecule has 0 saturated carbocycles. The summed E-state index contributed by atoms with van der Waals surface area (Å²) in [5, 5.41) is 54.8. The number of hydrogen-bond donors (Lipinski definition) is 6. The molecule has 0 radical (unpaired) electrons. The number of ether oxygens (including phenoxy) is 2. The molecule has 6 N–H and O–H groups in total. The van der Waals surface area contributed by atoms with Crippen LogP contribution in [0, 0.1) is 0 Å². The Bertz CT molecular complexity index is 1520. The van der Waals surface area contributed by atoms with E-state index in [0.29, 0.717) is 6.42 Å². The van der Waals surface area contributed by atoms with Crippen LogP contribution in [0.4, 0.5) is 0 Å². The van der Waals surface area contributed by atoms with Crippen LogP contribution < -0.4 is 5.32 Å². The largest absolute Gasteiger partial charge is 0.394 e. The van der Waals surface area contributed by atoms with Crippen molar-refractivity contribution in [1.82, 2.24) is 5.32 Å². The van der Waals surface area contributed by atoms with Gasteiger partial charge in [-0.25, -0.2) is 0 Å². The van der Waals surface area contributed by atoms with E-state index in [-0.39, 0.29) is 12.5 Å². The van der Waals surface area contributed by atoms with Gasteiger partial charge in [-0.3, -0.25) is 4.79 Å². The summed E-state index contributed by atoms with van der Waals surface area (Å²) in [7, 11) is 0. The first kappa shape index (κ1) is 86.4. The molecule has 1 saturated heterocycles. The Hall–Kier alpha value is -1.59. The second kappa shape index (κ2) is 70.2. The van der Waals surface area contributed by atoms with Gasteiger partial charge in [0.1, 0.15) is 24.4 Å². The van der Waals surface area contributed by atoms with E-state index in [9.17, 15) is 30.3 Å². The molecule has 1 fully saturated rings. The van der Waals surface area contributed by atoms with Gasteiger partial charge in [-0.05, 0) is 57.8 Å². The fourth-order valence-corrected chi connectivity index (χ4v) is 13.2. The highest BCUT2D eigenvalue weighted by Gasteiger charge is 2.44. The van der Waals surface area contributed by atoms with Crippen LogP contribution >= 0.6 is 0 Å². The molecule has 0 aromatic rings. The highest BCUT2D eigenvalue weighted by molar-refractivity contribution is 5.76. The Morgan fingerprint density at radius 1 is 0.367 bits per heavy atom. The summed E-state index contributed by atoms with van der Waals surface area (Å²) in [5.74, 6) is -0.177. The third-order valence-corrected chi connectivity index (χ3v) is 19.4. The van der Waals surface area contributed by atoms with Crippen LogP contribution in [0.2, 0.25) is 0 Å². The van der Waals surface area contributed by atoms with E-state index >= 15 is 0 Å². The molecule has 0 bridgehead atoms. The number of aliphatic hydroxyl groups excluding tert-OH is 5. The lowest BCUT2D eigenvalue weighted by Gasteiger charge is -2.40. The van der Waals surface area contributed by atoms with Gasteiger partial charge in [0.25, 0.3) is 0 Å². The summed E-state index contributed by atoms with van der Waals surface area (Å²) in [6, 6.07) is -0.822. The lowest BCUT2D eigenvalue weighted by molar-refractivity contribution is -0.302. The number of carbonyl (C=O) groups excluding carboxylic acids is 1. The molecule has 9 heteroatoms. The molecule has 532 valence electrons. The molecule has 0 aliphatic carbocycles. The van der Waals surface area contributed by atoms with Crippen LogP contribution in [-0.2, 0) is 14.3 Å². The zero-order chi connectivity index (χ0) is 64.9. The summed E-state index contributed by atoms with van der Waals surface area (Å²) in [5.41, 5.74) is 0. The monoisotopic (exact) mass is 1270 g/mol. The average molecular weight is 1270 g/mol. The number of hydrogen-bond acceptors (Lipinski definition) is 8. The van der Waals surface area contributed by atoms with Crippen molar-refractivity contribution in [2.24, 2.45) is 0 Å². The fourth-order valence-electron chi connectivity index (χ4n) is 13.2. The normalized spacial score (nSPS) is 17.9. The maximum atomic E-state index is 13.2. The van der Waals surface area contributed by atoms with E-state index in [1.54, 1.807) is 6.08 Å². The molecule has 1 aliphatic rings. The van der Waals surface area contributed by atoms with Gasteiger partial charge in [0.2, 0.25) is 5.91 Å². The lowest BCUT2D eigenvalue weighted by atomic mass is 9.99. The molecular formula is C81H155NO8. The quantitative estimate of drug-likeness (QED) is 0.0261. The molecule has 7 atom stereocenters. The molecule has 9 nitrogen and oxygen atoms in total. The minimum absolute atomic E-state index is 0.177. The summed E-state index contributed by atoms with van der Waals surface area (Å²) in [6.07, 6.45) is 88.8.